The zero-order valence-electron chi connectivity index (χ0n) is 8.01. The van der Waals surface area contributed by atoms with E-state index in [2.05, 4.69) is 0 Å². The van der Waals surface area contributed by atoms with E-state index >= 15 is 0 Å². The molecule has 1 saturated carbocycles. The lowest BCUT2D eigenvalue weighted by molar-refractivity contribution is -0.153. The highest BCUT2D eigenvalue weighted by molar-refractivity contribution is 5.84. The number of carboxylic acid groups (broad SMARTS) is 1. The van der Waals surface area contributed by atoms with Crippen molar-refractivity contribution < 1.29 is 14.7 Å². The summed E-state index contributed by atoms with van der Waals surface area (Å²) in [5, 5.41) is 9.09. The minimum atomic E-state index is -0.789. The highest BCUT2D eigenvalue weighted by Gasteiger charge is 2.40. The van der Waals surface area contributed by atoms with Crippen LogP contribution in [0.2, 0.25) is 0 Å². The maximum absolute atomic E-state index is 11.1. The van der Waals surface area contributed by atoms with Crippen molar-refractivity contribution in [2.45, 2.75) is 45.4 Å². The smallest absolute Gasteiger partial charge is 0.310 e. The molecule has 0 aliphatic heterocycles. The van der Waals surface area contributed by atoms with E-state index < -0.39 is 11.4 Å². The van der Waals surface area contributed by atoms with Crippen LogP contribution in [0.25, 0.3) is 0 Å². The van der Waals surface area contributed by atoms with Crippen molar-refractivity contribution in [3.63, 3.8) is 0 Å². The molecule has 0 aromatic carbocycles. The van der Waals surface area contributed by atoms with Gasteiger partial charge in [-0.05, 0) is 19.8 Å². The fourth-order valence-corrected chi connectivity index (χ4v) is 2.17. The van der Waals surface area contributed by atoms with E-state index in [9.17, 15) is 9.59 Å². The maximum atomic E-state index is 11.1. The van der Waals surface area contributed by atoms with Crippen LogP contribution in [0, 0.1) is 5.41 Å². The van der Waals surface area contributed by atoms with Gasteiger partial charge in [-0.15, -0.1) is 0 Å². The van der Waals surface area contributed by atoms with Gasteiger partial charge < -0.3 is 5.11 Å². The van der Waals surface area contributed by atoms with Gasteiger partial charge in [0.05, 0.1) is 5.41 Å². The topological polar surface area (TPSA) is 54.4 Å². The molecular weight excluding hydrogens is 168 g/mol. The Balaban J connectivity index is 2.73. The Bertz CT molecular complexity index is 214. The molecule has 0 amide bonds. The van der Waals surface area contributed by atoms with E-state index in [0.29, 0.717) is 12.8 Å². The van der Waals surface area contributed by atoms with E-state index in [-0.39, 0.29) is 12.2 Å². The van der Waals surface area contributed by atoms with E-state index in [0.717, 1.165) is 19.3 Å². The summed E-state index contributed by atoms with van der Waals surface area (Å²) in [7, 11) is 0. The zero-order valence-corrected chi connectivity index (χ0v) is 8.01. The molecule has 0 aromatic heterocycles. The van der Waals surface area contributed by atoms with Crippen LogP contribution in [0.3, 0.4) is 0 Å². The van der Waals surface area contributed by atoms with E-state index in [1.807, 2.05) is 0 Å². The molecule has 13 heavy (non-hydrogen) atoms. The van der Waals surface area contributed by atoms with Crippen molar-refractivity contribution in [2.24, 2.45) is 5.41 Å². The summed E-state index contributed by atoms with van der Waals surface area (Å²) in [5.41, 5.74) is -0.732. The summed E-state index contributed by atoms with van der Waals surface area (Å²) in [6, 6.07) is 0. The fraction of sp³-hybridized carbons (Fsp3) is 0.800. The molecule has 0 spiro atoms. The number of aliphatic carboxylic acids is 1. The molecule has 0 bridgehead atoms. The molecular formula is C10H16O3. The molecule has 0 saturated heterocycles. The number of rotatable bonds is 3. The van der Waals surface area contributed by atoms with Gasteiger partial charge in [-0.25, -0.2) is 0 Å². The second-order valence-electron chi connectivity index (χ2n) is 4.02. The molecule has 74 valence electrons. The normalized spacial score (nSPS) is 21.0. The SMILES string of the molecule is CC(=O)CC1(C(=O)O)CCCCC1. The Morgan fingerprint density at radius 1 is 1.23 bits per heavy atom. The quantitative estimate of drug-likeness (QED) is 0.729. The fourth-order valence-electron chi connectivity index (χ4n) is 2.17. The van der Waals surface area contributed by atoms with Gasteiger partial charge in [-0.2, -0.15) is 0 Å². The van der Waals surface area contributed by atoms with Crippen molar-refractivity contribution >= 4 is 11.8 Å². The summed E-state index contributed by atoms with van der Waals surface area (Å²) in [6.07, 6.45) is 4.54. The van der Waals surface area contributed by atoms with Crippen LogP contribution < -0.4 is 0 Å². The first-order valence-corrected chi connectivity index (χ1v) is 4.80. The lowest BCUT2D eigenvalue weighted by Gasteiger charge is -2.32. The first-order valence-electron chi connectivity index (χ1n) is 4.80. The molecule has 0 aromatic rings. The van der Waals surface area contributed by atoms with Crippen molar-refractivity contribution in [2.75, 3.05) is 0 Å². The molecule has 1 fully saturated rings. The minimum Gasteiger partial charge on any atom is -0.481 e. The molecule has 1 aliphatic carbocycles. The number of ketones is 1. The summed E-state index contributed by atoms with van der Waals surface area (Å²) in [6.45, 7) is 1.47. The second-order valence-corrected chi connectivity index (χ2v) is 4.02. The van der Waals surface area contributed by atoms with E-state index in [1.165, 1.54) is 6.92 Å². The molecule has 0 radical (unpaired) electrons. The van der Waals surface area contributed by atoms with Crippen LogP contribution in [0.15, 0.2) is 0 Å². The van der Waals surface area contributed by atoms with E-state index in [1.54, 1.807) is 0 Å². The Labute approximate surface area is 78.1 Å². The number of Topliss-reactive ketones (excluding diaryl/α,β-unsaturated/α-hetero) is 1. The minimum absolute atomic E-state index is 0.00991. The predicted molar refractivity (Wildman–Crippen MR) is 48.5 cm³/mol. The van der Waals surface area contributed by atoms with Crippen LogP contribution in [0.4, 0.5) is 0 Å². The Hall–Kier alpha value is -0.860. The summed E-state index contributed by atoms with van der Waals surface area (Å²) >= 11 is 0. The highest BCUT2D eigenvalue weighted by atomic mass is 16.4. The van der Waals surface area contributed by atoms with Gasteiger partial charge in [0.25, 0.3) is 0 Å². The van der Waals surface area contributed by atoms with Gasteiger partial charge >= 0.3 is 5.97 Å². The van der Waals surface area contributed by atoms with Crippen molar-refractivity contribution in [1.82, 2.24) is 0 Å². The van der Waals surface area contributed by atoms with Crippen LogP contribution >= 0.6 is 0 Å². The maximum Gasteiger partial charge on any atom is 0.310 e. The Kier molecular flexibility index (Phi) is 3.07. The van der Waals surface area contributed by atoms with Gasteiger partial charge in [-0.3, -0.25) is 9.59 Å². The van der Waals surface area contributed by atoms with Crippen molar-refractivity contribution in [1.29, 1.82) is 0 Å². The molecule has 3 heteroatoms. The average molecular weight is 184 g/mol. The third-order valence-electron chi connectivity index (χ3n) is 2.85. The first kappa shape index (κ1) is 10.2. The number of hydrogen-bond donors (Lipinski definition) is 1. The van der Waals surface area contributed by atoms with Crippen LogP contribution in [0.1, 0.15) is 45.4 Å². The molecule has 3 nitrogen and oxygen atoms in total. The predicted octanol–water partition coefficient (Wildman–Crippen LogP) is 2.00. The number of carbonyl (C=O) groups is 2. The molecule has 1 N–H and O–H groups in total. The number of carboxylic acids is 1. The second kappa shape index (κ2) is 3.90. The van der Waals surface area contributed by atoms with Crippen LogP contribution in [0.5, 0.6) is 0 Å². The average Bonchev–Trinajstić information content (AvgIpc) is 2.04. The van der Waals surface area contributed by atoms with Crippen LogP contribution in [-0.4, -0.2) is 16.9 Å². The zero-order chi connectivity index (χ0) is 9.90. The van der Waals surface area contributed by atoms with Gasteiger partial charge in [-0.1, -0.05) is 19.3 Å². The molecule has 1 aliphatic rings. The highest BCUT2D eigenvalue weighted by Crippen LogP contribution is 2.39. The number of carbonyl (C=O) groups excluding carboxylic acids is 1. The molecule has 0 unspecified atom stereocenters. The van der Waals surface area contributed by atoms with Gasteiger partial charge in [0.1, 0.15) is 5.78 Å². The monoisotopic (exact) mass is 184 g/mol. The number of hydrogen-bond acceptors (Lipinski definition) is 2. The Morgan fingerprint density at radius 3 is 2.15 bits per heavy atom. The molecule has 0 heterocycles. The molecule has 1 rings (SSSR count). The largest absolute Gasteiger partial charge is 0.481 e. The summed E-state index contributed by atoms with van der Waals surface area (Å²) in [5.74, 6) is -0.799. The van der Waals surface area contributed by atoms with Crippen molar-refractivity contribution in [3.8, 4) is 0 Å². The van der Waals surface area contributed by atoms with Gasteiger partial charge in [0.2, 0.25) is 0 Å². The lowest BCUT2D eigenvalue weighted by atomic mass is 9.71. The molecule has 0 atom stereocenters. The summed E-state index contributed by atoms with van der Waals surface area (Å²) < 4.78 is 0. The van der Waals surface area contributed by atoms with Gasteiger partial charge in [0.15, 0.2) is 0 Å². The standard InChI is InChI=1S/C10H16O3/c1-8(11)7-10(9(12)13)5-3-2-4-6-10/h2-7H2,1H3,(H,12,13). The van der Waals surface area contributed by atoms with Crippen molar-refractivity contribution in [3.05, 3.63) is 0 Å². The third kappa shape index (κ3) is 2.29. The first-order chi connectivity index (χ1) is 6.07. The van der Waals surface area contributed by atoms with E-state index in [4.69, 9.17) is 5.11 Å². The lowest BCUT2D eigenvalue weighted by Crippen LogP contribution is -2.35. The van der Waals surface area contributed by atoms with Gasteiger partial charge in [0, 0.05) is 6.42 Å². The van der Waals surface area contributed by atoms with Crippen LogP contribution in [-0.2, 0) is 9.59 Å². The Morgan fingerprint density at radius 2 is 1.77 bits per heavy atom. The summed E-state index contributed by atoms with van der Waals surface area (Å²) in [4.78, 5) is 22.0. The third-order valence-corrected chi connectivity index (χ3v) is 2.85.